The summed E-state index contributed by atoms with van der Waals surface area (Å²) in [5.41, 5.74) is 2.65. The van der Waals surface area contributed by atoms with E-state index in [0.29, 0.717) is 5.69 Å². The van der Waals surface area contributed by atoms with Crippen LogP contribution in [-0.2, 0) is 15.3 Å². The standard InChI is InChI=1S/C33H29NO4S/c1-33(2,3)29-10-6-7-11-31(29)39(37,38)27-17-15-26(16-18-27)34-32(36)28-21-25(14-19-30(28)35)24-13-12-22-8-4-5-9-23(22)20-24/h4-21,35H,1-3H3,(H,34,36). The van der Waals surface area contributed by atoms with E-state index < -0.39 is 15.7 Å². The van der Waals surface area contributed by atoms with E-state index in [1.54, 1.807) is 36.4 Å². The van der Waals surface area contributed by atoms with Crippen molar-refractivity contribution in [2.75, 3.05) is 5.32 Å². The minimum atomic E-state index is -3.76. The van der Waals surface area contributed by atoms with Crippen LogP contribution in [0.2, 0.25) is 0 Å². The van der Waals surface area contributed by atoms with E-state index in [0.717, 1.165) is 27.5 Å². The highest BCUT2D eigenvalue weighted by molar-refractivity contribution is 7.91. The van der Waals surface area contributed by atoms with Crippen molar-refractivity contribution >= 4 is 32.2 Å². The molecule has 5 aromatic rings. The predicted molar refractivity (Wildman–Crippen MR) is 156 cm³/mol. The van der Waals surface area contributed by atoms with Crippen molar-refractivity contribution in [1.29, 1.82) is 0 Å². The first kappa shape index (κ1) is 26.2. The highest BCUT2D eigenvalue weighted by atomic mass is 32.2. The Labute approximate surface area is 228 Å². The zero-order valence-electron chi connectivity index (χ0n) is 22.0. The summed E-state index contributed by atoms with van der Waals surface area (Å²) >= 11 is 0. The lowest BCUT2D eigenvalue weighted by Gasteiger charge is -2.22. The van der Waals surface area contributed by atoms with E-state index in [2.05, 4.69) is 5.32 Å². The number of anilines is 1. The van der Waals surface area contributed by atoms with E-state index in [1.165, 1.54) is 18.2 Å². The number of rotatable bonds is 5. The number of carbonyl (C=O) groups is 1. The lowest BCUT2D eigenvalue weighted by molar-refractivity contribution is 0.102. The quantitative estimate of drug-likeness (QED) is 0.243. The highest BCUT2D eigenvalue weighted by Crippen LogP contribution is 2.33. The Bertz CT molecular complexity index is 1800. The Morgan fingerprint density at radius 3 is 2.05 bits per heavy atom. The Balaban J connectivity index is 1.39. The lowest BCUT2D eigenvalue weighted by Crippen LogP contribution is -2.17. The van der Waals surface area contributed by atoms with E-state index >= 15 is 0 Å². The molecule has 0 radical (unpaired) electrons. The van der Waals surface area contributed by atoms with Gasteiger partial charge in [-0.15, -0.1) is 0 Å². The molecule has 0 spiro atoms. The second kappa shape index (κ2) is 10.0. The number of carbonyl (C=O) groups excluding carboxylic acids is 1. The van der Waals surface area contributed by atoms with Gasteiger partial charge in [0.25, 0.3) is 5.91 Å². The molecule has 0 aliphatic rings. The summed E-state index contributed by atoms with van der Waals surface area (Å²) in [6.07, 6.45) is 0. The van der Waals surface area contributed by atoms with Crippen molar-refractivity contribution in [1.82, 2.24) is 0 Å². The largest absolute Gasteiger partial charge is 0.507 e. The predicted octanol–water partition coefficient (Wildman–Crippen LogP) is 7.60. The average molecular weight is 536 g/mol. The topological polar surface area (TPSA) is 83.5 Å². The minimum Gasteiger partial charge on any atom is -0.507 e. The van der Waals surface area contributed by atoms with Crippen molar-refractivity contribution < 1.29 is 18.3 Å². The molecule has 5 aromatic carbocycles. The van der Waals surface area contributed by atoms with Gasteiger partial charge in [0.2, 0.25) is 9.84 Å². The number of sulfone groups is 1. The SMILES string of the molecule is CC(C)(C)c1ccccc1S(=O)(=O)c1ccc(NC(=O)c2cc(-c3ccc4ccccc4c3)ccc2O)cc1. The molecule has 5 nitrogen and oxygen atoms in total. The van der Waals surface area contributed by atoms with Gasteiger partial charge in [0.05, 0.1) is 15.4 Å². The summed E-state index contributed by atoms with van der Waals surface area (Å²) in [5, 5.41) is 15.4. The third-order valence-electron chi connectivity index (χ3n) is 6.73. The van der Waals surface area contributed by atoms with Crippen LogP contribution in [-0.4, -0.2) is 19.4 Å². The van der Waals surface area contributed by atoms with Gasteiger partial charge >= 0.3 is 0 Å². The molecule has 1 amide bonds. The van der Waals surface area contributed by atoms with Crippen molar-refractivity contribution in [3.05, 3.63) is 120 Å². The second-order valence-corrected chi connectivity index (χ2v) is 12.4. The van der Waals surface area contributed by atoms with Crippen molar-refractivity contribution in [3.63, 3.8) is 0 Å². The van der Waals surface area contributed by atoms with Crippen LogP contribution < -0.4 is 5.32 Å². The molecule has 39 heavy (non-hydrogen) atoms. The van der Waals surface area contributed by atoms with Gasteiger partial charge in [-0.1, -0.05) is 81.4 Å². The molecule has 0 bridgehead atoms. The molecule has 0 heterocycles. The van der Waals surface area contributed by atoms with Crippen LogP contribution in [0.15, 0.2) is 119 Å². The monoisotopic (exact) mass is 535 g/mol. The molecule has 0 fully saturated rings. The molecule has 0 aliphatic carbocycles. The number of nitrogens with one attached hydrogen (secondary N) is 1. The smallest absolute Gasteiger partial charge is 0.259 e. The molecule has 6 heteroatoms. The van der Waals surface area contributed by atoms with Crippen molar-refractivity contribution in [3.8, 4) is 16.9 Å². The molecule has 0 unspecified atom stereocenters. The third-order valence-corrected chi connectivity index (χ3v) is 8.56. The van der Waals surface area contributed by atoms with Crippen LogP contribution in [0.4, 0.5) is 5.69 Å². The van der Waals surface area contributed by atoms with Crippen molar-refractivity contribution in [2.24, 2.45) is 0 Å². The lowest BCUT2D eigenvalue weighted by atomic mass is 9.87. The van der Waals surface area contributed by atoms with Crippen LogP contribution in [0.3, 0.4) is 0 Å². The van der Waals surface area contributed by atoms with E-state index in [9.17, 15) is 18.3 Å². The van der Waals surface area contributed by atoms with Crippen LogP contribution in [0.25, 0.3) is 21.9 Å². The molecular weight excluding hydrogens is 506 g/mol. The highest BCUT2D eigenvalue weighted by Gasteiger charge is 2.26. The first-order valence-electron chi connectivity index (χ1n) is 12.6. The van der Waals surface area contributed by atoms with Gasteiger partial charge in [-0.2, -0.15) is 0 Å². The molecule has 0 saturated heterocycles. The van der Waals surface area contributed by atoms with Gasteiger partial charge in [-0.3, -0.25) is 4.79 Å². The first-order chi connectivity index (χ1) is 18.5. The van der Waals surface area contributed by atoms with Crippen LogP contribution in [0.5, 0.6) is 5.75 Å². The average Bonchev–Trinajstić information content (AvgIpc) is 2.93. The normalized spacial score (nSPS) is 11.9. The summed E-state index contributed by atoms with van der Waals surface area (Å²) < 4.78 is 26.9. The Hall–Kier alpha value is -4.42. The Morgan fingerprint density at radius 2 is 1.33 bits per heavy atom. The fraction of sp³-hybridized carbons (Fsp3) is 0.121. The van der Waals surface area contributed by atoms with Crippen LogP contribution in [0.1, 0.15) is 36.7 Å². The van der Waals surface area contributed by atoms with Gasteiger partial charge in [0.1, 0.15) is 5.75 Å². The summed E-state index contributed by atoms with van der Waals surface area (Å²) in [6, 6.07) is 32.1. The molecule has 0 aliphatic heterocycles. The zero-order chi connectivity index (χ0) is 27.8. The van der Waals surface area contributed by atoms with Gasteiger partial charge in [0, 0.05) is 5.69 Å². The number of amides is 1. The van der Waals surface area contributed by atoms with Crippen LogP contribution >= 0.6 is 0 Å². The Kier molecular flexibility index (Phi) is 6.74. The molecule has 0 saturated carbocycles. The zero-order valence-corrected chi connectivity index (χ0v) is 22.8. The molecule has 196 valence electrons. The van der Waals surface area contributed by atoms with Gasteiger partial charge in [-0.05, 0) is 81.4 Å². The fourth-order valence-corrected chi connectivity index (χ4v) is 6.30. The maximum atomic E-state index is 13.4. The molecule has 0 atom stereocenters. The number of aromatic hydroxyl groups is 1. The maximum absolute atomic E-state index is 13.4. The van der Waals surface area contributed by atoms with E-state index in [-0.39, 0.29) is 26.5 Å². The third kappa shape index (κ3) is 5.29. The second-order valence-electron chi connectivity index (χ2n) is 10.5. The summed E-state index contributed by atoms with van der Waals surface area (Å²) in [7, 11) is -3.76. The fourth-order valence-electron chi connectivity index (χ4n) is 4.63. The number of hydrogen-bond donors (Lipinski definition) is 2. The van der Waals surface area contributed by atoms with E-state index in [1.807, 2.05) is 75.4 Å². The molecular formula is C33H29NO4S. The summed E-state index contributed by atoms with van der Waals surface area (Å²) in [4.78, 5) is 13.5. The number of hydrogen-bond acceptors (Lipinski definition) is 4. The van der Waals surface area contributed by atoms with Crippen LogP contribution in [0, 0.1) is 0 Å². The van der Waals surface area contributed by atoms with Crippen molar-refractivity contribution in [2.45, 2.75) is 36.0 Å². The Morgan fingerprint density at radius 1 is 0.718 bits per heavy atom. The number of phenolic OH excluding ortho intramolecular Hbond substituents is 1. The minimum absolute atomic E-state index is 0.122. The number of phenols is 1. The maximum Gasteiger partial charge on any atom is 0.259 e. The molecule has 5 rings (SSSR count). The van der Waals surface area contributed by atoms with E-state index in [4.69, 9.17) is 0 Å². The van der Waals surface area contributed by atoms with Gasteiger partial charge in [0.15, 0.2) is 0 Å². The molecule has 0 aromatic heterocycles. The van der Waals surface area contributed by atoms with Gasteiger partial charge < -0.3 is 10.4 Å². The summed E-state index contributed by atoms with van der Waals surface area (Å²) in [6.45, 7) is 5.93. The summed E-state index contributed by atoms with van der Waals surface area (Å²) in [5.74, 6) is -0.640. The number of benzene rings is 5. The first-order valence-corrected chi connectivity index (χ1v) is 14.1. The molecule has 2 N–H and O–H groups in total. The van der Waals surface area contributed by atoms with Gasteiger partial charge in [-0.25, -0.2) is 8.42 Å². The number of fused-ring (bicyclic) bond motifs is 1.